The Morgan fingerprint density at radius 1 is 1.27 bits per heavy atom. The maximum atomic E-state index is 8.63. The van der Waals surface area contributed by atoms with Gasteiger partial charge in [0.25, 0.3) is 0 Å². The Bertz CT molecular complexity index is 542. The third-order valence-electron chi connectivity index (χ3n) is 1.91. The maximum Gasteiger partial charge on any atom is 0.204 e. The molecule has 0 amide bonds. The average molecular weight is 283 g/mol. The lowest BCUT2D eigenvalue weighted by molar-refractivity contribution is 0.567. The number of furan rings is 1. The maximum absolute atomic E-state index is 8.63. The molecule has 2 aromatic rings. The molecule has 0 saturated heterocycles. The summed E-state index contributed by atoms with van der Waals surface area (Å²) < 4.78 is 6.15. The van der Waals surface area contributed by atoms with E-state index in [2.05, 4.69) is 15.9 Å². The van der Waals surface area contributed by atoms with Crippen molar-refractivity contribution in [1.29, 1.82) is 5.26 Å². The van der Waals surface area contributed by atoms with E-state index in [9.17, 15) is 0 Å². The van der Waals surface area contributed by atoms with Crippen LogP contribution in [0.15, 0.2) is 39.2 Å². The quantitative estimate of drug-likeness (QED) is 0.784. The minimum Gasteiger partial charge on any atom is -0.446 e. The van der Waals surface area contributed by atoms with Crippen molar-refractivity contribution in [2.45, 2.75) is 0 Å². The second kappa shape index (κ2) is 4.09. The van der Waals surface area contributed by atoms with Crippen molar-refractivity contribution >= 4 is 27.5 Å². The van der Waals surface area contributed by atoms with Gasteiger partial charge in [-0.15, -0.1) is 0 Å². The molecule has 0 unspecified atom stereocenters. The van der Waals surface area contributed by atoms with E-state index in [1.54, 1.807) is 24.3 Å². The number of nitriles is 1. The second-order valence-corrected chi connectivity index (χ2v) is 4.19. The zero-order valence-electron chi connectivity index (χ0n) is 7.50. The van der Waals surface area contributed by atoms with E-state index in [0.717, 1.165) is 10.0 Å². The number of rotatable bonds is 1. The number of nitrogens with zero attached hydrogens (tertiary/aromatic N) is 1. The fourth-order valence-corrected chi connectivity index (χ4v) is 2.11. The van der Waals surface area contributed by atoms with Gasteiger partial charge < -0.3 is 4.42 Å². The highest BCUT2D eigenvalue weighted by molar-refractivity contribution is 9.10. The molecule has 15 heavy (non-hydrogen) atoms. The largest absolute Gasteiger partial charge is 0.446 e. The van der Waals surface area contributed by atoms with Crippen molar-refractivity contribution in [3.8, 4) is 17.4 Å². The molecule has 74 valence electrons. The first-order valence-electron chi connectivity index (χ1n) is 4.16. The minimum atomic E-state index is 0.298. The summed E-state index contributed by atoms with van der Waals surface area (Å²) in [6.07, 6.45) is 0. The molecular formula is C11H5BrClNO. The molecule has 0 atom stereocenters. The Kier molecular flexibility index (Phi) is 2.81. The van der Waals surface area contributed by atoms with Crippen LogP contribution in [0.2, 0.25) is 5.02 Å². The highest BCUT2D eigenvalue weighted by Crippen LogP contribution is 2.31. The topological polar surface area (TPSA) is 36.9 Å². The van der Waals surface area contributed by atoms with Gasteiger partial charge in [-0.25, -0.2) is 0 Å². The van der Waals surface area contributed by atoms with Crippen LogP contribution in [0.25, 0.3) is 11.3 Å². The van der Waals surface area contributed by atoms with Gasteiger partial charge in [-0.1, -0.05) is 11.6 Å². The summed E-state index contributed by atoms with van der Waals surface area (Å²) in [5, 5.41) is 9.29. The predicted molar refractivity (Wildman–Crippen MR) is 61.6 cm³/mol. The lowest BCUT2D eigenvalue weighted by atomic mass is 10.2. The zero-order valence-corrected chi connectivity index (χ0v) is 9.84. The van der Waals surface area contributed by atoms with Crippen molar-refractivity contribution in [1.82, 2.24) is 0 Å². The molecule has 4 heteroatoms. The molecule has 0 radical (unpaired) electrons. The highest BCUT2D eigenvalue weighted by atomic mass is 79.9. The Labute approximate surface area is 100 Å². The summed E-state index contributed by atoms with van der Waals surface area (Å²) in [5.74, 6) is 0.946. The predicted octanol–water partition coefficient (Wildman–Crippen LogP) is 4.23. The Morgan fingerprint density at radius 3 is 2.67 bits per heavy atom. The third-order valence-corrected chi connectivity index (χ3v) is 2.80. The van der Waals surface area contributed by atoms with Crippen molar-refractivity contribution in [2.75, 3.05) is 0 Å². The lowest BCUT2D eigenvalue weighted by Gasteiger charge is -2.00. The summed E-state index contributed by atoms with van der Waals surface area (Å²) in [6.45, 7) is 0. The van der Waals surface area contributed by atoms with E-state index < -0.39 is 0 Å². The minimum absolute atomic E-state index is 0.298. The van der Waals surface area contributed by atoms with Crippen LogP contribution in [0.1, 0.15) is 5.76 Å². The average Bonchev–Trinajstić information content (AvgIpc) is 2.66. The smallest absolute Gasteiger partial charge is 0.204 e. The SMILES string of the molecule is N#Cc1ccc(-c2ccc(Cl)cc2Br)o1. The molecule has 0 N–H and O–H groups in total. The van der Waals surface area contributed by atoms with E-state index in [4.69, 9.17) is 21.3 Å². The highest BCUT2D eigenvalue weighted by Gasteiger charge is 2.08. The standard InChI is InChI=1S/C11H5BrClNO/c12-10-5-7(13)1-3-9(10)11-4-2-8(6-14)15-11/h1-5H. The zero-order chi connectivity index (χ0) is 10.8. The summed E-state index contributed by atoms with van der Waals surface area (Å²) >= 11 is 9.21. The molecule has 0 aliphatic heterocycles. The molecule has 2 rings (SSSR count). The van der Waals surface area contributed by atoms with Gasteiger partial charge in [-0.3, -0.25) is 0 Å². The van der Waals surface area contributed by atoms with Crippen LogP contribution in [0.4, 0.5) is 0 Å². The third kappa shape index (κ3) is 2.06. The van der Waals surface area contributed by atoms with E-state index in [1.165, 1.54) is 0 Å². The first-order valence-corrected chi connectivity index (χ1v) is 5.33. The molecule has 0 aliphatic carbocycles. The monoisotopic (exact) mass is 281 g/mol. The van der Waals surface area contributed by atoms with Crippen LogP contribution in [0, 0.1) is 11.3 Å². The molecule has 0 fully saturated rings. The van der Waals surface area contributed by atoms with Crippen molar-refractivity contribution in [3.05, 3.63) is 45.6 Å². The van der Waals surface area contributed by atoms with Crippen LogP contribution in [0.3, 0.4) is 0 Å². The molecule has 0 saturated carbocycles. The fourth-order valence-electron chi connectivity index (χ4n) is 1.23. The van der Waals surface area contributed by atoms with Gasteiger partial charge in [0.2, 0.25) is 5.76 Å². The molecule has 1 heterocycles. The van der Waals surface area contributed by atoms with Gasteiger partial charge in [-0.2, -0.15) is 5.26 Å². The van der Waals surface area contributed by atoms with Crippen LogP contribution in [-0.4, -0.2) is 0 Å². The second-order valence-electron chi connectivity index (χ2n) is 2.90. The van der Waals surface area contributed by atoms with E-state index in [-0.39, 0.29) is 0 Å². The van der Waals surface area contributed by atoms with Crippen molar-refractivity contribution < 1.29 is 4.42 Å². The molecular weight excluding hydrogens is 277 g/mol. The number of hydrogen-bond acceptors (Lipinski definition) is 2. The van der Waals surface area contributed by atoms with Crippen LogP contribution < -0.4 is 0 Å². The van der Waals surface area contributed by atoms with Crippen molar-refractivity contribution in [2.24, 2.45) is 0 Å². The molecule has 2 nitrogen and oxygen atoms in total. The van der Waals surface area contributed by atoms with Gasteiger partial charge >= 0.3 is 0 Å². The van der Waals surface area contributed by atoms with Gasteiger partial charge in [0.15, 0.2) is 0 Å². The number of hydrogen-bond donors (Lipinski definition) is 0. The Balaban J connectivity index is 2.50. The van der Waals surface area contributed by atoms with Crippen LogP contribution >= 0.6 is 27.5 Å². The van der Waals surface area contributed by atoms with Gasteiger partial charge in [0, 0.05) is 15.1 Å². The van der Waals surface area contributed by atoms with Gasteiger partial charge in [0.05, 0.1) is 0 Å². The first-order chi connectivity index (χ1) is 7.20. The summed E-state index contributed by atoms with van der Waals surface area (Å²) in [5.41, 5.74) is 0.876. The summed E-state index contributed by atoms with van der Waals surface area (Å²) in [4.78, 5) is 0. The molecule has 1 aromatic heterocycles. The molecule has 0 aliphatic rings. The van der Waals surface area contributed by atoms with E-state index in [0.29, 0.717) is 16.5 Å². The van der Waals surface area contributed by atoms with Crippen LogP contribution in [0.5, 0.6) is 0 Å². The van der Waals surface area contributed by atoms with Gasteiger partial charge in [-0.05, 0) is 46.3 Å². The van der Waals surface area contributed by atoms with Crippen LogP contribution in [-0.2, 0) is 0 Å². The molecule has 0 spiro atoms. The summed E-state index contributed by atoms with van der Waals surface area (Å²) in [6, 6.07) is 10.7. The van der Waals surface area contributed by atoms with Crippen molar-refractivity contribution in [3.63, 3.8) is 0 Å². The Morgan fingerprint density at radius 2 is 2.07 bits per heavy atom. The fraction of sp³-hybridized carbons (Fsp3) is 0. The number of halogens is 2. The lowest BCUT2D eigenvalue weighted by Crippen LogP contribution is -1.76. The van der Waals surface area contributed by atoms with Gasteiger partial charge in [0.1, 0.15) is 11.8 Å². The normalized spacial score (nSPS) is 9.93. The summed E-state index contributed by atoms with van der Waals surface area (Å²) in [7, 11) is 0. The van der Waals surface area contributed by atoms with E-state index in [1.807, 2.05) is 12.1 Å². The first kappa shape index (κ1) is 10.3. The number of benzene rings is 1. The molecule has 0 bridgehead atoms. The Hall–Kier alpha value is -1.24. The molecule has 1 aromatic carbocycles. The van der Waals surface area contributed by atoms with E-state index >= 15 is 0 Å².